The maximum atomic E-state index is 12.4. The lowest BCUT2D eigenvalue weighted by Gasteiger charge is -2.37. The van der Waals surface area contributed by atoms with Gasteiger partial charge in [0.25, 0.3) is 5.91 Å². The SMILES string of the molecule is O=C(NC1CC1)c1ccc(OCC2CCCN(C(=O)C3CCC3)C2)cc1. The van der Waals surface area contributed by atoms with Gasteiger partial charge in [0, 0.05) is 36.5 Å². The molecule has 1 aromatic carbocycles. The summed E-state index contributed by atoms with van der Waals surface area (Å²) in [5.41, 5.74) is 0.680. The molecule has 1 aliphatic heterocycles. The minimum atomic E-state index is -0.00326. The number of ether oxygens (including phenoxy) is 1. The number of likely N-dealkylation sites (tertiary alicyclic amines) is 1. The maximum Gasteiger partial charge on any atom is 0.251 e. The molecule has 1 heterocycles. The molecule has 1 saturated heterocycles. The topological polar surface area (TPSA) is 58.6 Å². The molecule has 0 aromatic heterocycles. The van der Waals surface area contributed by atoms with E-state index in [4.69, 9.17) is 4.74 Å². The van der Waals surface area contributed by atoms with Crippen molar-refractivity contribution in [2.75, 3.05) is 19.7 Å². The first-order chi connectivity index (χ1) is 12.7. The van der Waals surface area contributed by atoms with Gasteiger partial charge in [-0.3, -0.25) is 9.59 Å². The van der Waals surface area contributed by atoms with Gasteiger partial charge in [-0.25, -0.2) is 0 Å². The van der Waals surface area contributed by atoms with Crippen molar-refractivity contribution in [1.82, 2.24) is 10.2 Å². The lowest BCUT2D eigenvalue weighted by atomic mass is 9.83. The molecule has 1 atom stereocenters. The second-order valence-corrected chi connectivity index (χ2v) is 8.00. The van der Waals surface area contributed by atoms with Gasteiger partial charge in [0.2, 0.25) is 5.91 Å². The van der Waals surface area contributed by atoms with Crippen molar-refractivity contribution < 1.29 is 14.3 Å². The number of benzene rings is 1. The van der Waals surface area contributed by atoms with Gasteiger partial charge in [0.1, 0.15) is 5.75 Å². The first-order valence-electron chi connectivity index (χ1n) is 10.0. The van der Waals surface area contributed by atoms with Crippen LogP contribution < -0.4 is 10.1 Å². The van der Waals surface area contributed by atoms with Crippen LogP contribution >= 0.6 is 0 Å². The summed E-state index contributed by atoms with van der Waals surface area (Å²) in [7, 11) is 0. The Kier molecular flexibility index (Phi) is 5.14. The molecule has 5 nitrogen and oxygen atoms in total. The van der Waals surface area contributed by atoms with E-state index in [9.17, 15) is 9.59 Å². The van der Waals surface area contributed by atoms with Crippen molar-refractivity contribution in [2.45, 2.75) is 51.0 Å². The molecule has 0 spiro atoms. The summed E-state index contributed by atoms with van der Waals surface area (Å²) in [5.74, 6) is 1.81. The van der Waals surface area contributed by atoms with E-state index < -0.39 is 0 Å². The smallest absolute Gasteiger partial charge is 0.251 e. The lowest BCUT2D eigenvalue weighted by molar-refractivity contribution is -0.140. The van der Waals surface area contributed by atoms with Crippen LogP contribution in [-0.2, 0) is 4.79 Å². The summed E-state index contributed by atoms with van der Waals surface area (Å²) in [6.07, 6.45) is 7.69. The van der Waals surface area contributed by atoms with Gasteiger partial charge < -0.3 is 15.0 Å². The largest absolute Gasteiger partial charge is 0.493 e. The molecule has 1 aromatic rings. The van der Waals surface area contributed by atoms with Gasteiger partial charge in [0.05, 0.1) is 6.61 Å². The zero-order valence-electron chi connectivity index (χ0n) is 15.3. The molecule has 5 heteroatoms. The molecular formula is C21H28N2O3. The number of carbonyl (C=O) groups excluding carboxylic acids is 2. The number of amides is 2. The highest BCUT2D eigenvalue weighted by Crippen LogP contribution is 2.30. The highest BCUT2D eigenvalue weighted by molar-refractivity contribution is 5.94. The monoisotopic (exact) mass is 356 g/mol. The molecule has 140 valence electrons. The zero-order chi connectivity index (χ0) is 17.9. The Morgan fingerprint density at radius 1 is 1.04 bits per heavy atom. The third-order valence-electron chi connectivity index (χ3n) is 5.80. The normalized spacial score (nSPS) is 23.2. The highest BCUT2D eigenvalue weighted by atomic mass is 16.5. The molecule has 3 aliphatic rings. The Hall–Kier alpha value is -2.04. The molecule has 0 radical (unpaired) electrons. The first-order valence-corrected chi connectivity index (χ1v) is 10.0. The maximum absolute atomic E-state index is 12.4. The van der Waals surface area contributed by atoms with Crippen LogP contribution in [0.1, 0.15) is 55.3 Å². The molecule has 4 rings (SSSR count). The second kappa shape index (κ2) is 7.68. The van der Waals surface area contributed by atoms with Crippen LogP contribution in [0, 0.1) is 11.8 Å². The van der Waals surface area contributed by atoms with Crippen molar-refractivity contribution in [1.29, 1.82) is 0 Å². The molecular weight excluding hydrogens is 328 g/mol. The fourth-order valence-corrected chi connectivity index (χ4v) is 3.73. The lowest BCUT2D eigenvalue weighted by Crippen LogP contribution is -2.45. The Balaban J connectivity index is 1.25. The van der Waals surface area contributed by atoms with Crippen LogP contribution in [-0.4, -0.2) is 42.5 Å². The van der Waals surface area contributed by atoms with E-state index in [1.165, 1.54) is 6.42 Å². The first kappa shape index (κ1) is 17.4. The highest BCUT2D eigenvalue weighted by Gasteiger charge is 2.32. The molecule has 2 aliphatic carbocycles. The van der Waals surface area contributed by atoms with Crippen LogP contribution in [0.3, 0.4) is 0 Å². The van der Waals surface area contributed by atoms with Crippen molar-refractivity contribution in [3.05, 3.63) is 29.8 Å². The number of nitrogens with one attached hydrogen (secondary N) is 1. The summed E-state index contributed by atoms with van der Waals surface area (Å²) in [6, 6.07) is 7.74. The Morgan fingerprint density at radius 2 is 1.81 bits per heavy atom. The third-order valence-corrected chi connectivity index (χ3v) is 5.80. The van der Waals surface area contributed by atoms with Crippen LogP contribution in [0.15, 0.2) is 24.3 Å². The number of hydrogen-bond acceptors (Lipinski definition) is 3. The Morgan fingerprint density at radius 3 is 2.46 bits per heavy atom. The Bertz CT molecular complexity index is 650. The molecule has 2 saturated carbocycles. The number of carbonyl (C=O) groups is 2. The minimum absolute atomic E-state index is 0.00326. The summed E-state index contributed by atoms with van der Waals surface area (Å²) in [5, 5.41) is 2.99. The molecule has 2 amide bonds. The number of piperidine rings is 1. The number of nitrogens with zero attached hydrogens (tertiary/aromatic N) is 1. The van der Waals surface area contributed by atoms with Crippen LogP contribution in [0.2, 0.25) is 0 Å². The van der Waals surface area contributed by atoms with Gasteiger partial charge in [-0.05, 0) is 62.8 Å². The number of rotatable bonds is 6. The van der Waals surface area contributed by atoms with Crippen LogP contribution in [0.4, 0.5) is 0 Å². The second-order valence-electron chi connectivity index (χ2n) is 8.00. The molecule has 1 unspecified atom stereocenters. The van der Waals surface area contributed by atoms with E-state index in [2.05, 4.69) is 5.32 Å². The predicted molar refractivity (Wildman–Crippen MR) is 99.1 cm³/mol. The fraction of sp³-hybridized carbons (Fsp3) is 0.619. The van der Waals surface area contributed by atoms with E-state index in [1.54, 1.807) is 0 Å². The standard InChI is InChI=1S/C21H28N2O3/c24-20(22-18-8-9-18)16-6-10-19(11-7-16)26-14-15-3-2-12-23(13-15)21(25)17-4-1-5-17/h6-7,10-11,15,17-18H,1-5,8-9,12-14H2,(H,22,24). The van der Waals surface area contributed by atoms with E-state index in [0.29, 0.717) is 30.0 Å². The summed E-state index contributed by atoms with van der Waals surface area (Å²) in [4.78, 5) is 26.5. The van der Waals surface area contributed by atoms with Gasteiger partial charge in [-0.15, -0.1) is 0 Å². The van der Waals surface area contributed by atoms with E-state index in [-0.39, 0.29) is 11.8 Å². The average molecular weight is 356 g/mol. The summed E-state index contributed by atoms with van der Waals surface area (Å²) >= 11 is 0. The van der Waals surface area contributed by atoms with Gasteiger partial charge in [-0.2, -0.15) is 0 Å². The predicted octanol–water partition coefficient (Wildman–Crippen LogP) is 3.00. The van der Waals surface area contributed by atoms with E-state index in [0.717, 1.165) is 57.4 Å². The van der Waals surface area contributed by atoms with Crippen molar-refractivity contribution in [3.8, 4) is 5.75 Å². The zero-order valence-corrected chi connectivity index (χ0v) is 15.3. The van der Waals surface area contributed by atoms with Crippen molar-refractivity contribution in [2.24, 2.45) is 11.8 Å². The quantitative estimate of drug-likeness (QED) is 0.852. The van der Waals surface area contributed by atoms with Gasteiger partial charge in [-0.1, -0.05) is 6.42 Å². The third kappa shape index (κ3) is 4.19. The van der Waals surface area contributed by atoms with E-state index >= 15 is 0 Å². The van der Waals surface area contributed by atoms with Crippen molar-refractivity contribution in [3.63, 3.8) is 0 Å². The molecule has 3 fully saturated rings. The van der Waals surface area contributed by atoms with E-state index in [1.807, 2.05) is 29.2 Å². The Labute approximate surface area is 155 Å². The minimum Gasteiger partial charge on any atom is -0.493 e. The number of hydrogen-bond donors (Lipinski definition) is 1. The summed E-state index contributed by atoms with van der Waals surface area (Å²) < 4.78 is 5.93. The fourth-order valence-electron chi connectivity index (χ4n) is 3.73. The van der Waals surface area contributed by atoms with Gasteiger partial charge >= 0.3 is 0 Å². The van der Waals surface area contributed by atoms with Crippen molar-refractivity contribution >= 4 is 11.8 Å². The molecule has 1 N–H and O–H groups in total. The molecule has 0 bridgehead atoms. The average Bonchev–Trinajstić information content (AvgIpc) is 3.43. The molecule has 26 heavy (non-hydrogen) atoms. The van der Waals surface area contributed by atoms with Gasteiger partial charge in [0.15, 0.2) is 0 Å². The summed E-state index contributed by atoms with van der Waals surface area (Å²) in [6.45, 7) is 2.34. The van der Waals surface area contributed by atoms with Crippen LogP contribution in [0.25, 0.3) is 0 Å². The van der Waals surface area contributed by atoms with Crippen LogP contribution in [0.5, 0.6) is 5.75 Å².